The number of piperazine rings is 1. The van der Waals surface area contributed by atoms with Gasteiger partial charge in [0.25, 0.3) is 5.91 Å². The van der Waals surface area contributed by atoms with E-state index in [0.29, 0.717) is 33.8 Å². The third-order valence-electron chi connectivity index (χ3n) is 7.81. The van der Waals surface area contributed by atoms with Crippen LogP contribution in [0.15, 0.2) is 72.8 Å². The van der Waals surface area contributed by atoms with Crippen molar-refractivity contribution in [1.29, 1.82) is 0 Å². The van der Waals surface area contributed by atoms with Crippen LogP contribution in [0.3, 0.4) is 0 Å². The van der Waals surface area contributed by atoms with E-state index in [-0.39, 0.29) is 18.2 Å². The molecule has 3 aromatic carbocycles. The van der Waals surface area contributed by atoms with E-state index in [1.54, 1.807) is 18.2 Å². The predicted molar refractivity (Wildman–Crippen MR) is 171 cm³/mol. The number of hydrogen-bond acceptors (Lipinski definition) is 6. The van der Waals surface area contributed by atoms with Gasteiger partial charge in [0.15, 0.2) is 5.11 Å². The number of nitrogens with one attached hydrogen (secondary N) is 1. The summed E-state index contributed by atoms with van der Waals surface area (Å²) in [6.45, 7) is 6.25. The second kappa shape index (κ2) is 14.3. The Hall–Kier alpha value is -3.57. The monoisotopic (exact) mass is 623 g/mol. The van der Waals surface area contributed by atoms with Crippen LogP contribution in [-0.2, 0) is 16.1 Å². The summed E-state index contributed by atoms with van der Waals surface area (Å²) in [7, 11) is 1.52. The first-order valence-electron chi connectivity index (χ1n) is 14.3. The van der Waals surface area contributed by atoms with Crippen molar-refractivity contribution >= 4 is 52.1 Å². The predicted octanol–water partition coefficient (Wildman–Crippen LogP) is 5.03. The van der Waals surface area contributed by atoms with Crippen LogP contribution in [0.5, 0.6) is 5.75 Å². The molecule has 0 unspecified atom stereocenters. The third kappa shape index (κ3) is 7.69. The standard InChI is InChI=1S/C32H35ClFN5O3S/c1-42-29-13-12-26(20-27(29)33)39-31(41)28(21-30(40)35-25-10-8-24(34)9-11-25)38(32(39)43)15-5-14-36-16-18-37(19-17-36)22-23-6-3-2-4-7-23/h2-4,6-13,20,28H,5,14-19,21-22H2,1H3,(H,35,40)/t28-/m1/s1. The molecule has 2 aliphatic rings. The van der Waals surface area contributed by atoms with Crippen molar-refractivity contribution in [3.63, 3.8) is 0 Å². The normalized spacial score (nSPS) is 17.9. The van der Waals surface area contributed by atoms with Gasteiger partial charge in [0.1, 0.15) is 17.6 Å². The van der Waals surface area contributed by atoms with E-state index in [9.17, 15) is 14.0 Å². The van der Waals surface area contributed by atoms with Crippen LogP contribution < -0.4 is 15.0 Å². The average Bonchev–Trinajstić information content (AvgIpc) is 3.23. The zero-order valence-electron chi connectivity index (χ0n) is 24.0. The van der Waals surface area contributed by atoms with E-state index >= 15 is 0 Å². The van der Waals surface area contributed by atoms with E-state index in [1.165, 1.54) is 41.8 Å². The van der Waals surface area contributed by atoms with Crippen molar-refractivity contribution in [2.24, 2.45) is 0 Å². The number of nitrogens with zero attached hydrogens (tertiary/aromatic N) is 4. The Morgan fingerprint density at radius 2 is 1.70 bits per heavy atom. The van der Waals surface area contributed by atoms with Crippen molar-refractivity contribution in [1.82, 2.24) is 14.7 Å². The van der Waals surface area contributed by atoms with Gasteiger partial charge in [-0.2, -0.15) is 0 Å². The number of hydrogen-bond donors (Lipinski definition) is 1. The molecular weight excluding hydrogens is 589 g/mol. The lowest BCUT2D eigenvalue weighted by Crippen LogP contribution is -2.47. The van der Waals surface area contributed by atoms with E-state index in [2.05, 4.69) is 39.4 Å². The third-order valence-corrected chi connectivity index (χ3v) is 8.52. The number of methoxy groups -OCH3 is 1. The van der Waals surface area contributed by atoms with E-state index in [0.717, 1.165) is 45.7 Å². The molecule has 2 aliphatic heterocycles. The van der Waals surface area contributed by atoms with E-state index < -0.39 is 11.9 Å². The number of amides is 2. The first-order valence-corrected chi connectivity index (χ1v) is 15.1. The van der Waals surface area contributed by atoms with Crippen molar-refractivity contribution in [2.75, 3.05) is 56.6 Å². The number of benzene rings is 3. The molecule has 2 amide bonds. The fourth-order valence-electron chi connectivity index (χ4n) is 5.52. The van der Waals surface area contributed by atoms with Crippen LogP contribution in [-0.4, -0.2) is 84.0 Å². The van der Waals surface area contributed by atoms with Crippen molar-refractivity contribution < 1.29 is 18.7 Å². The van der Waals surface area contributed by atoms with Crippen molar-refractivity contribution in [3.8, 4) is 5.75 Å². The highest BCUT2D eigenvalue weighted by Gasteiger charge is 2.44. The summed E-state index contributed by atoms with van der Waals surface area (Å²) in [4.78, 5) is 35.0. The molecule has 0 saturated carbocycles. The number of ether oxygens (including phenoxy) is 1. The van der Waals surface area contributed by atoms with E-state index in [4.69, 9.17) is 28.6 Å². The van der Waals surface area contributed by atoms with E-state index in [1.807, 2.05) is 11.0 Å². The molecule has 1 atom stereocenters. The number of halogens is 2. The zero-order chi connectivity index (χ0) is 30.3. The molecule has 2 heterocycles. The maximum Gasteiger partial charge on any atom is 0.256 e. The number of rotatable bonds is 11. The molecular formula is C32H35ClFN5O3S. The van der Waals surface area contributed by atoms with Crippen molar-refractivity contribution in [2.45, 2.75) is 25.4 Å². The molecule has 0 aromatic heterocycles. The summed E-state index contributed by atoms with van der Waals surface area (Å²) >= 11 is 12.2. The van der Waals surface area contributed by atoms with Gasteiger partial charge in [-0.25, -0.2) is 4.39 Å². The highest BCUT2D eigenvalue weighted by Crippen LogP contribution is 2.33. The lowest BCUT2D eigenvalue weighted by Gasteiger charge is -2.35. The summed E-state index contributed by atoms with van der Waals surface area (Å²) in [6, 6.07) is 20.3. The summed E-state index contributed by atoms with van der Waals surface area (Å²) in [5.74, 6) is -0.567. The van der Waals surface area contributed by atoms with Gasteiger partial charge < -0.3 is 19.9 Å². The zero-order valence-corrected chi connectivity index (χ0v) is 25.6. The van der Waals surface area contributed by atoms with Gasteiger partial charge in [0.2, 0.25) is 5.91 Å². The number of thiocarbonyl (C=S) groups is 1. The average molecular weight is 624 g/mol. The highest BCUT2D eigenvalue weighted by molar-refractivity contribution is 7.80. The number of carbonyl (C=O) groups excluding carboxylic acids is 2. The second-order valence-corrected chi connectivity index (χ2v) is 11.5. The molecule has 0 radical (unpaired) electrons. The quantitative estimate of drug-likeness (QED) is 0.301. The Balaban J connectivity index is 1.23. The molecule has 2 saturated heterocycles. The Bertz CT molecular complexity index is 1440. The molecule has 43 heavy (non-hydrogen) atoms. The molecule has 0 bridgehead atoms. The molecule has 0 spiro atoms. The summed E-state index contributed by atoms with van der Waals surface area (Å²) in [5.41, 5.74) is 2.29. The van der Waals surface area contributed by atoms with Gasteiger partial charge in [0, 0.05) is 45.0 Å². The molecule has 1 N–H and O–H groups in total. The lowest BCUT2D eigenvalue weighted by molar-refractivity contribution is -0.124. The molecule has 8 nitrogen and oxygen atoms in total. The smallest absolute Gasteiger partial charge is 0.256 e. The number of carbonyl (C=O) groups is 2. The first kappa shape index (κ1) is 30.9. The second-order valence-electron chi connectivity index (χ2n) is 10.7. The summed E-state index contributed by atoms with van der Waals surface area (Å²) in [5, 5.41) is 3.45. The molecule has 226 valence electrons. The van der Waals surface area contributed by atoms with Crippen LogP contribution in [0.1, 0.15) is 18.4 Å². The summed E-state index contributed by atoms with van der Waals surface area (Å²) in [6.07, 6.45) is 0.675. The summed E-state index contributed by atoms with van der Waals surface area (Å²) < 4.78 is 18.6. The SMILES string of the molecule is COc1ccc(N2C(=O)[C@@H](CC(=O)Nc3ccc(F)cc3)N(CCCN3CCN(Cc4ccccc4)CC3)C2=S)cc1Cl. The molecule has 5 rings (SSSR count). The Labute approximate surface area is 261 Å². The minimum Gasteiger partial charge on any atom is -0.495 e. The van der Waals surface area contributed by atoms with Crippen LogP contribution in [0.25, 0.3) is 0 Å². The lowest BCUT2D eigenvalue weighted by atomic mass is 10.1. The van der Waals surface area contributed by atoms with Gasteiger partial charge in [-0.15, -0.1) is 0 Å². The molecule has 0 aliphatic carbocycles. The minimum absolute atomic E-state index is 0.102. The number of anilines is 2. The maximum atomic E-state index is 13.8. The fourth-order valence-corrected chi connectivity index (χ4v) is 6.18. The molecule has 11 heteroatoms. The first-order chi connectivity index (χ1) is 20.8. The Morgan fingerprint density at radius 3 is 2.37 bits per heavy atom. The van der Waals surface area contributed by atoms with Gasteiger partial charge in [-0.05, 0) is 73.2 Å². The Morgan fingerprint density at radius 1 is 1.00 bits per heavy atom. The van der Waals surface area contributed by atoms with Crippen molar-refractivity contribution in [3.05, 3.63) is 89.2 Å². The largest absolute Gasteiger partial charge is 0.495 e. The highest BCUT2D eigenvalue weighted by atomic mass is 35.5. The van der Waals surface area contributed by atoms with Gasteiger partial charge >= 0.3 is 0 Å². The van der Waals surface area contributed by atoms with Gasteiger partial charge in [-0.1, -0.05) is 41.9 Å². The van der Waals surface area contributed by atoms with Gasteiger partial charge in [-0.3, -0.25) is 19.4 Å². The Kier molecular flexibility index (Phi) is 10.2. The van der Waals surface area contributed by atoms with Crippen LogP contribution >= 0.6 is 23.8 Å². The topological polar surface area (TPSA) is 68.4 Å². The minimum atomic E-state index is -0.781. The fraction of sp³-hybridized carbons (Fsp3) is 0.344. The molecule has 3 aromatic rings. The van der Waals surface area contributed by atoms with Crippen LogP contribution in [0.4, 0.5) is 15.8 Å². The maximum absolute atomic E-state index is 13.8. The van der Waals surface area contributed by atoms with Crippen LogP contribution in [0.2, 0.25) is 5.02 Å². The van der Waals surface area contributed by atoms with Crippen LogP contribution in [0, 0.1) is 5.82 Å². The molecule has 2 fully saturated rings. The van der Waals surface area contributed by atoms with Gasteiger partial charge in [0.05, 0.1) is 24.2 Å².